The highest BCUT2D eigenvalue weighted by Crippen LogP contribution is 2.27. The molecule has 1 aromatic rings. The zero-order valence-electron chi connectivity index (χ0n) is 13.4. The minimum Gasteiger partial charge on any atom is -0.379 e. The predicted octanol–water partition coefficient (Wildman–Crippen LogP) is 3.14. The van der Waals surface area contributed by atoms with Gasteiger partial charge in [0.05, 0.1) is 6.10 Å². The van der Waals surface area contributed by atoms with Crippen molar-refractivity contribution in [3.05, 3.63) is 17.1 Å². The average molecular weight is 277 g/mol. The van der Waals surface area contributed by atoms with Gasteiger partial charge in [-0.1, -0.05) is 20.8 Å². The third-order valence-electron chi connectivity index (χ3n) is 4.00. The van der Waals surface area contributed by atoms with Gasteiger partial charge in [0.25, 0.3) is 0 Å². The fourth-order valence-electron chi connectivity index (χ4n) is 2.80. The van der Waals surface area contributed by atoms with Crippen LogP contribution in [0.15, 0.2) is 0 Å². The Labute approximate surface area is 122 Å². The van der Waals surface area contributed by atoms with Crippen molar-refractivity contribution < 1.29 is 4.74 Å². The van der Waals surface area contributed by atoms with Crippen molar-refractivity contribution in [3.8, 4) is 0 Å². The third-order valence-corrected chi connectivity index (χ3v) is 4.00. The minimum absolute atomic E-state index is 0.115. The topological polar surface area (TPSA) is 47.0 Å². The molecule has 1 atom stereocenters. The zero-order valence-corrected chi connectivity index (χ0v) is 13.4. The molecule has 0 amide bonds. The van der Waals surface area contributed by atoms with E-state index >= 15 is 0 Å². The van der Waals surface area contributed by atoms with Gasteiger partial charge < -0.3 is 10.1 Å². The Morgan fingerprint density at radius 3 is 2.55 bits per heavy atom. The molecular formula is C16H27N3O. The van der Waals surface area contributed by atoms with Gasteiger partial charge in [-0.05, 0) is 38.0 Å². The quantitative estimate of drug-likeness (QED) is 0.918. The van der Waals surface area contributed by atoms with E-state index in [2.05, 4.69) is 36.1 Å². The van der Waals surface area contributed by atoms with Crippen molar-refractivity contribution in [2.45, 2.75) is 59.5 Å². The van der Waals surface area contributed by atoms with Crippen molar-refractivity contribution in [3.63, 3.8) is 0 Å². The molecule has 0 saturated heterocycles. The standard InChI is InChI=1S/C16H27N3O/c1-11-18-13-9-7-6-8-12(13)15(19-11)17-10-14(20-5)16(2,3)4/h14H,6-10H2,1-5H3,(H,17,18,19). The smallest absolute Gasteiger partial charge is 0.133 e. The molecule has 0 aliphatic heterocycles. The Hall–Kier alpha value is -1.16. The second-order valence-corrected chi connectivity index (χ2v) is 6.72. The largest absolute Gasteiger partial charge is 0.379 e. The first-order valence-electron chi connectivity index (χ1n) is 7.55. The molecule has 4 heteroatoms. The first kappa shape index (κ1) is 15.2. The summed E-state index contributed by atoms with van der Waals surface area (Å²) in [7, 11) is 1.78. The Morgan fingerprint density at radius 2 is 1.90 bits per heavy atom. The molecule has 112 valence electrons. The molecule has 1 heterocycles. The van der Waals surface area contributed by atoms with E-state index < -0.39 is 0 Å². The summed E-state index contributed by atoms with van der Waals surface area (Å²) >= 11 is 0. The third kappa shape index (κ3) is 3.48. The molecule has 0 spiro atoms. The first-order chi connectivity index (χ1) is 9.41. The molecule has 1 aliphatic carbocycles. The van der Waals surface area contributed by atoms with Crippen LogP contribution in [-0.2, 0) is 17.6 Å². The van der Waals surface area contributed by atoms with E-state index in [1.54, 1.807) is 7.11 Å². The van der Waals surface area contributed by atoms with Crippen LogP contribution in [-0.4, -0.2) is 29.7 Å². The lowest BCUT2D eigenvalue weighted by Crippen LogP contribution is -2.35. The Bertz CT molecular complexity index is 466. The molecule has 1 unspecified atom stereocenters. The molecule has 1 aliphatic rings. The van der Waals surface area contributed by atoms with Gasteiger partial charge in [0, 0.05) is 24.9 Å². The van der Waals surface area contributed by atoms with E-state index in [9.17, 15) is 0 Å². The van der Waals surface area contributed by atoms with Crippen LogP contribution >= 0.6 is 0 Å². The van der Waals surface area contributed by atoms with Crippen molar-refractivity contribution in [2.24, 2.45) is 5.41 Å². The molecule has 0 aromatic carbocycles. The van der Waals surface area contributed by atoms with Gasteiger partial charge in [0.1, 0.15) is 11.6 Å². The van der Waals surface area contributed by atoms with Gasteiger partial charge in [0.2, 0.25) is 0 Å². The maximum Gasteiger partial charge on any atom is 0.133 e. The molecule has 4 nitrogen and oxygen atoms in total. The van der Waals surface area contributed by atoms with Crippen LogP contribution < -0.4 is 5.32 Å². The van der Waals surface area contributed by atoms with E-state index in [-0.39, 0.29) is 11.5 Å². The summed E-state index contributed by atoms with van der Waals surface area (Å²) in [5.74, 6) is 1.87. The number of methoxy groups -OCH3 is 1. The lowest BCUT2D eigenvalue weighted by Gasteiger charge is -2.30. The number of hydrogen-bond donors (Lipinski definition) is 1. The van der Waals surface area contributed by atoms with Gasteiger partial charge in [-0.25, -0.2) is 9.97 Å². The summed E-state index contributed by atoms with van der Waals surface area (Å²) in [6.07, 6.45) is 4.81. The van der Waals surface area contributed by atoms with E-state index in [4.69, 9.17) is 4.74 Å². The van der Waals surface area contributed by atoms with Gasteiger partial charge >= 0.3 is 0 Å². The van der Waals surface area contributed by atoms with Gasteiger partial charge in [0.15, 0.2) is 0 Å². The maximum atomic E-state index is 5.60. The summed E-state index contributed by atoms with van der Waals surface area (Å²) in [6, 6.07) is 0. The highest BCUT2D eigenvalue weighted by atomic mass is 16.5. The zero-order chi connectivity index (χ0) is 14.8. The van der Waals surface area contributed by atoms with E-state index in [0.717, 1.165) is 31.0 Å². The number of nitrogens with zero attached hydrogens (tertiary/aromatic N) is 2. The van der Waals surface area contributed by atoms with Crippen LogP contribution in [0, 0.1) is 12.3 Å². The normalized spacial score (nSPS) is 16.6. The second-order valence-electron chi connectivity index (χ2n) is 6.72. The maximum absolute atomic E-state index is 5.60. The molecule has 0 radical (unpaired) electrons. The molecule has 20 heavy (non-hydrogen) atoms. The molecular weight excluding hydrogens is 250 g/mol. The Balaban J connectivity index is 2.15. The van der Waals surface area contributed by atoms with Gasteiger partial charge in [-0.3, -0.25) is 0 Å². The monoisotopic (exact) mass is 277 g/mol. The number of nitrogens with one attached hydrogen (secondary N) is 1. The summed E-state index contributed by atoms with van der Waals surface area (Å²) in [5.41, 5.74) is 2.66. The van der Waals surface area contributed by atoms with Gasteiger partial charge in [-0.2, -0.15) is 0 Å². The van der Waals surface area contributed by atoms with Crippen LogP contribution in [0.25, 0.3) is 0 Å². The number of fused-ring (bicyclic) bond motifs is 1. The Kier molecular flexibility index (Phi) is 4.63. The molecule has 1 aromatic heterocycles. The number of anilines is 1. The highest BCUT2D eigenvalue weighted by molar-refractivity contribution is 5.48. The summed E-state index contributed by atoms with van der Waals surface area (Å²) in [5, 5.41) is 3.50. The lowest BCUT2D eigenvalue weighted by molar-refractivity contribution is 0.0268. The van der Waals surface area contributed by atoms with Crippen LogP contribution in [0.5, 0.6) is 0 Å². The molecule has 1 N–H and O–H groups in total. The van der Waals surface area contributed by atoms with E-state index in [1.165, 1.54) is 24.1 Å². The summed E-state index contributed by atoms with van der Waals surface area (Å²) < 4.78 is 5.60. The average Bonchev–Trinajstić information content (AvgIpc) is 2.37. The Morgan fingerprint density at radius 1 is 1.20 bits per heavy atom. The van der Waals surface area contributed by atoms with Crippen LogP contribution in [0.2, 0.25) is 0 Å². The lowest BCUT2D eigenvalue weighted by atomic mass is 9.89. The molecule has 0 saturated carbocycles. The number of hydrogen-bond acceptors (Lipinski definition) is 4. The van der Waals surface area contributed by atoms with Crippen LogP contribution in [0.3, 0.4) is 0 Å². The fourth-order valence-corrected chi connectivity index (χ4v) is 2.80. The van der Waals surface area contributed by atoms with Crippen LogP contribution in [0.4, 0.5) is 5.82 Å². The van der Waals surface area contributed by atoms with E-state index in [0.29, 0.717) is 0 Å². The highest BCUT2D eigenvalue weighted by Gasteiger charge is 2.25. The number of ether oxygens (including phenoxy) is 1. The van der Waals surface area contributed by atoms with Crippen LogP contribution in [0.1, 0.15) is 50.7 Å². The van der Waals surface area contributed by atoms with Gasteiger partial charge in [-0.15, -0.1) is 0 Å². The fraction of sp³-hybridized carbons (Fsp3) is 0.750. The number of aryl methyl sites for hydroxylation is 2. The predicted molar refractivity (Wildman–Crippen MR) is 82.2 cm³/mol. The number of aromatic nitrogens is 2. The molecule has 0 fully saturated rings. The second kappa shape index (κ2) is 6.08. The number of rotatable bonds is 4. The summed E-state index contributed by atoms with van der Waals surface area (Å²) in [6.45, 7) is 9.34. The van der Waals surface area contributed by atoms with Crippen molar-refractivity contribution in [1.29, 1.82) is 0 Å². The van der Waals surface area contributed by atoms with E-state index in [1.807, 2.05) is 6.92 Å². The summed E-state index contributed by atoms with van der Waals surface area (Å²) in [4.78, 5) is 9.19. The first-order valence-corrected chi connectivity index (χ1v) is 7.55. The molecule has 2 rings (SSSR count). The molecule has 0 bridgehead atoms. The SMILES string of the molecule is COC(CNc1nc(C)nc2c1CCCC2)C(C)(C)C. The van der Waals surface area contributed by atoms with Crippen molar-refractivity contribution in [1.82, 2.24) is 9.97 Å². The minimum atomic E-state index is 0.115. The van der Waals surface area contributed by atoms with Crippen molar-refractivity contribution in [2.75, 3.05) is 19.0 Å². The van der Waals surface area contributed by atoms with Crippen molar-refractivity contribution >= 4 is 5.82 Å².